The van der Waals surface area contributed by atoms with Crippen LogP contribution < -0.4 is 4.74 Å². The maximum absolute atomic E-state index is 12.5. The molecule has 8 heteroatoms. The van der Waals surface area contributed by atoms with Crippen LogP contribution in [-0.4, -0.2) is 64.0 Å². The number of hydrogen-bond donors (Lipinski definition) is 0. The molecule has 0 N–H and O–H groups in total. The Morgan fingerprint density at radius 2 is 2.08 bits per heavy atom. The van der Waals surface area contributed by atoms with Crippen LogP contribution >= 0.6 is 0 Å². The van der Waals surface area contributed by atoms with Gasteiger partial charge in [-0.3, -0.25) is 4.79 Å². The van der Waals surface area contributed by atoms with Crippen molar-refractivity contribution in [3.8, 4) is 5.88 Å². The minimum absolute atomic E-state index is 0.0430. The molecule has 0 spiro atoms. The molecule has 2 aliphatic heterocycles. The van der Waals surface area contributed by atoms with Crippen molar-refractivity contribution in [3.63, 3.8) is 0 Å². The lowest BCUT2D eigenvalue weighted by atomic mass is 9.95. The van der Waals surface area contributed by atoms with E-state index in [-0.39, 0.29) is 17.7 Å². The number of hydrogen-bond acceptors (Lipinski definition) is 6. The Morgan fingerprint density at radius 3 is 2.79 bits per heavy atom. The molecule has 0 aliphatic carbocycles. The first-order chi connectivity index (χ1) is 11.8. The van der Waals surface area contributed by atoms with E-state index < -0.39 is 0 Å². The van der Waals surface area contributed by atoms with Gasteiger partial charge in [-0.1, -0.05) is 0 Å². The largest absolute Gasteiger partial charge is 0.480 e. The highest BCUT2D eigenvalue weighted by Gasteiger charge is 2.32. The predicted octanol–water partition coefficient (Wildman–Crippen LogP) is 0.875. The second-order valence-electron chi connectivity index (χ2n) is 6.36. The molecule has 1 unspecified atom stereocenters. The van der Waals surface area contributed by atoms with Gasteiger partial charge < -0.3 is 14.4 Å². The quantitative estimate of drug-likeness (QED) is 0.830. The van der Waals surface area contributed by atoms with Gasteiger partial charge in [-0.15, -0.1) is 15.3 Å². The summed E-state index contributed by atoms with van der Waals surface area (Å²) in [6.07, 6.45) is 2.59. The maximum atomic E-state index is 12.5. The van der Waals surface area contributed by atoms with E-state index in [1.165, 1.54) is 0 Å². The summed E-state index contributed by atoms with van der Waals surface area (Å²) < 4.78 is 12.3. The molecule has 2 fully saturated rings. The number of amides is 1. The molecule has 128 valence electrons. The van der Waals surface area contributed by atoms with E-state index in [0.717, 1.165) is 38.2 Å². The molecule has 2 aromatic rings. The third-order valence-electron chi connectivity index (χ3n) is 4.92. The highest BCUT2D eigenvalue weighted by molar-refractivity contribution is 5.79. The lowest BCUT2D eigenvalue weighted by molar-refractivity contribution is -0.136. The molecular weight excluding hydrogens is 310 g/mol. The van der Waals surface area contributed by atoms with E-state index in [9.17, 15) is 4.79 Å². The van der Waals surface area contributed by atoms with Gasteiger partial charge in [0, 0.05) is 31.7 Å². The van der Waals surface area contributed by atoms with Crippen LogP contribution in [0, 0.1) is 5.92 Å². The molecular formula is C16H21N5O3. The summed E-state index contributed by atoms with van der Waals surface area (Å²) in [7, 11) is 1.59. The highest BCUT2D eigenvalue weighted by atomic mass is 16.5. The molecule has 0 bridgehead atoms. The molecule has 0 saturated carbocycles. The van der Waals surface area contributed by atoms with Crippen LogP contribution in [0.2, 0.25) is 0 Å². The molecule has 4 heterocycles. The van der Waals surface area contributed by atoms with Gasteiger partial charge in [0.1, 0.15) is 0 Å². The second kappa shape index (κ2) is 6.35. The number of methoxy groups -OCH3 is 1. The molecule has 2 aromatic heterocycles. The van der Waals surface area contributed by atoms with Gasteiger partial charge in [0.2, 0.25) is 11.8 Å². The van der Waals surface area contributed by atoms with Gasteiger partial charge in [-0.2, -0.15) is 4.52 Å². The SMILES string of the molecule is COc1ccc2nnc(C3CCN(C(=O)C4CCOC4)CC3)n2n1. The predicted molar refractivity (Wildman–Crippen MR) is 84.8 cm³/mol. The smallest absolute Gasteiger partial charge is 0.231 e. The average Bonchev–Trinajstić information content (AvgIpc) is 3.30. The van der Waals surface area contributed by atoms with Crippen molar-refractivity contribution in [1.82, 2.24) is 24.7 Å². The number of aromatic nitrogens is 4. The van der Waals surface area contributed by atoms with Crippen molar-refractivity contribution in [1.29, 1.82) is 0 Å². The molecule has 24 heavy (non-hydrogen) atoms. The van der Waals surface area contributed by atoms with E-state index in [4.69, 9.17) is 9.47 Å². The van der Waals surface area contributed by atoms with E-state index >= 15 is 0 Å². The zero-order valence-electron chi connectivity index (χ0n) is 13.7. The van der Waals surface area contributed by atoms with E-state index in [2.05, 4.69) is 15.3 Å². The van der Waals surface area contributed by atoms with Gasteiger partial charge >= 0.3 is 0 Å². The van der Waals surface area contributed by atoms with E-state index in [1.807, 2.05) is 11.0 Å². The third kappa shape index (κ3) is 2.71. The first-order valence-corrected chi connectivity index (χ1v) is 8.39. The minimum atomic E-state index is 0.0430. The fourth-order valence-electron chi connectivity index (χ4n) is 3.50. The van der Waals surface area contributed by atoms with E-state index in [1.54, 1.807) is 17.7 Å². The Bertz CT molecular complexity index is 732. The Labute approximate surface area is 139 Å². The van der Waals surface area contributed by atoms with Crippen LogP contribution in [0.5, 0.6) is 5.88 Å². The number of ether oxygens (including phenoxy) is 2. The molecule has 8 nitrogen and oxygen atoms in total. The molecule has 4 rings (SSSR count). The fraction of sp³-hybridized carbons (Fsp3) is 0.625. The van der Waals surface area contributed by atoms with E-state index in [0.29, 0.717) is 24.7 Å². The van der Waals surface area contributed by atoms with Crippen molar-refractivity contribution in [2.45, 2.75) is 25.2 Å². The highest BCUT2D eigenvalue weighted by Crippen LogP contribution is 2.28. The number of piperidine rings is 1. The number of rotatable bonds is 3. The molecule has 1 amide bonds. The summed E-state index contributed by atoms with van der Waals surface area (Å²) in [6, 6.07) is 3.62. The second-order valence-corrected chi connectivity index (χ2v) is 6.36. The number of carbonyl (C=O) groups is 1. The van der Waals surface area contributed by atoms with Crippen LogP contribution in [0.15, 0.2) is 12.1 Å². The number of likely N-dealkylation sites (tertiary alicyclic amines) is 1. The minimum Gasteiger partial charge on any atom is -0.480 e. The summed E-state index contributed by atoms with van der Waals surface area (Å²) in [5, 5.41) is 12.9. The zero-order chi connectivity index (χ0) is 16.5. The lowest BCUT2D eigenvalue weighted by Gasteiger charge is -2.32. The summed E-state index contributed by atoms with van der Waals surface area (Å²) in [6.45, 7) is 2.77. The Morgan fingerprint density at radius 1 is 1.25 bits per heavy atom. The molecule has 2 aliphatic rings. The van der Waals surface area contributed by atoms with Crippen LogP contribution in [0.4, 0.5) is 0 Å². The molecule has 2 saturated heterocycles. The number of carbonyl (C=O) groups excluding carboxylic acids is 1. The van der Waals surface area contributed by atoms with Crippen LogP contribution in [0.1, 0.15) is 31.0 Å². The van der Waals surface area contributed by atoms with Crippen LogP contribution in [0.25, 0.3) is 5.65 Å². The van der Waals surface area contributed by atoms with Crippen LogP contribution in [-0.2, 0) is 9.53 Å². The Hall–Kier alpha value is -2.22. The Kier molecular flexibility index (Phi) is 4.05. The van der Waals surface area contributed by atoms with Gasteiger partial charge in [0.25, 0.3) is 0 Å². The van der Waals surface area contributed by atoms with Gasteiger partial charge in [0.05, 0.1) is 19.6 Å². The van der Waals surface area contributed by atoms with Crippen molar-refractivity contribution < 1.29 is 14.3 Å². The topological polar surface area (TPSA) is 81.9 Å². The van der Waals surface area contributed by atoms with Gasteiger partial charge in [-0.25, -0.2) is 0 Å². The van der Waals surface area contributed by atoms with Crippen molar-refractivity contribution >= 4 is 11.6 Å². The number of fused-ring (bicyclic) bond motifs is 1. The van der Waals surface area contributed by atoms with Crippen molar-refractivity contribution in [2.24, 2.45) is 5.92 Å². The monoisotopic (exact) mass is 331 g/mol. The first kappa shape index (κ1) is 15.3. The standard InChI is InChI=1S/C16H21N5O3/c1-23-14-3-2-13-17-18-15(21(13)19-14)11-4-7-20(8-5-11)16(22)12-6-9-24-10-12/h2-3,11-12H,4-10H2,1H3. The van der Waals surface area contributed by atoms with Crippen molar-refractivity contribution in [2.75, 3.05) is 33.4 Å². The average molecular weight is 331 g/mol. The third-order valence-corrected chi connectivity index (χ3v) is 4.92. The lowest BCUT2D eigenvalue weighted by Crippen LogP contribution is -2.41. The number of nitrogens with zero attached hydrogens (tertiary/aromatic N) is 5. The molecule has 0 aromatic carbocycles. The van der Waals surface area contributed by atoms with Crippen LogP contribution in [0.3, 0.4) is 0 Å². The first-order valence-electron chi connectivity index (χ1n) is 8.39. The normalized spacial score (nSPS) is 22.2. The molecule has 0 radical (unpaired) electrons. The summed E-state index contributed by atoms with van der Waals surface area (Å²) in [4.78, 5) is 14.4. The van der Waals surface area contributed by atoms with Crippen molar-refractivity contribution in [3.05, 3.63) is 18.0 Å². The van der Waals surface area contributed by atoms with Gasteiger partial charge in [-0.05, 0) is 25.3 Å². The Balaban J connectivity index is 1.46. The summed E-state index contributed by atoms with van der Waals surface area (Å²) in [5.74, 6) is 1.92. The zero-order valence-corrected chi connectivity index (χ0v) is 13.7. The maximum Gasteiger partial charge on any atom is 0.231 e. The molecule has 1 atom stereocenters. The summed E-state index contributed by atoms with van der Waals surface area (Å²) >= 11 is 0. The fourth-order valence-corrected chi connectivity index (χ4v) is 3.50. The van der Waals surface area contributed by atoms with Gasteiger partial charge in [0.15, 0.2) is 11.5 Å². The summed E-state index contributed by atoms with van der Waals surface area (Å²) in [5.41, 5.74) is 0.715.